The Morgan fingerprint density at radius 2 is 2.24 bits per heavy atom. The second-order valence-corrected chi connectivity index (χ2v) is 3.90. The van der Waals surface area contributed by atoms with Crippen molar-refractivity contribution in [1.82, 2.24) is 5.32 Å². The normalized spacial score (nSPS) is 10.8. The van der Waals surface area contributed by atoms with Crippen molar-refractivity contribution in [1.29, 1.82) is 0 Å². The molecular weight excluding hydrogens is 219 g/mol. The summed E-state index contributed by atoms with van der Waals surface area (Å²) in [6, 6.07) is 2.81. The average molecular weight is 236 g/mol. The van der Waals surface area contributed by atoms with E-state index in [1.54, 1.807) is 13.0 Å². The van der Waals surface area contributed by atoms with E-state index in [-0.39, 0.29) is 11.7 Å². The molecule has 0 saturated carbocycles. The van der Waals surface area contributed by atoms with Gasteiger partial charge >= 0.3 is 0 Å². The molecule has 0 saturated heterocycles. The number of carbonyl (C=O) groups excluding carboxylic acids is 1. The molecule has 0 atom stereocenters. The van der Waals surface area contributed by atoms with Crippen LogP contribution in [0.2, 0.25) is 0 Å². The molecule has 1 rings (SSSR count). The number of nitrogen functional groups attached to an aromatic ring is 1. The first-order valence-corrected chi connectivity index (χ1v) is 5.47. The van der Waals surface area contributed by atoms with Crippen LogP contribution in [-0.4, -0.2) is 12.5 Å². The second-order valence-electron chi connectivity index (χ2n) is 3.90. The fourth-order valence-electron chi connectivity index (χ4n) is 1.46. The van der Waals surface area contributed by atoms with Gasteiger partial charge in [-0.25, -0.2) is 4.39 Å². The maximum Gasteiger partial charge on any atom is 0.216 e. The van der Waals surface area contributed by atoms with E-state index >= 15 is 0 Å². The molecule has 1 aromatic rings. The van der Waals surface area contributed by atoms with E-state index < -0.39 is 0 Å². The smallest absolute Gasteiger partial charge is 0.216 e. The first-order chi connectivity index (χ1) is 8.00. The molecule has 3 N–H and O–H groups in total. The third kappa shape index (κ3) is 4.26. The van der Waals surface area contributed by atoms with Crippen molar-refractivity contribution in [3.8, 4) is 0 Å². The van der Waals surface area contributed by atoms with Crippen LogP contribution in [-0.2, 0) is 4.79 Å². The Balaban J connectivity index is 2.62. The second kappa shape index (κ2) is 6.03. The van der Waals surface area contributed by atoms with E-state index in [0.717, 1.165) is 5.56 Å². The van der Waals surface area contributed by atoms with Crippen LogP contribution in [0.3, 0.4) is 0 Å². The van der Waals surface area contributed by atoms with E-state index in [1.165, 1.54) is 19.1 Å². The molecule has 0 aliphatic rings. The summed E-state index contributed by atoms with van der Waals surface area (Å²) in [5, 5.41) is 2.67. The zero-order valence-electron chi connectivity index (χ0n) is 10.1. The number of benzene rings is 1. The van der Waals surface area contributed by atoms with Crippen LogP contribution in [0.1, 0.15) is 24.5 Å². The molecule has 0 bridgehead atoms. The van der Waals surface area contributed by atoms with Crippen molar-refractivity contribution in [3.05, 3.63) is 35.2 Å². The number of rotatable bonds is 4. The van der Waals surface area contributed by atoms with Gasteiger partial charge in [-0.3, -0.25) is 4.79 Å². The Bertz CT molecular complexity index is 441. The Morgan fingerprint density at radius 1 is 1.53 bits per heavy atom. The Morgan fingerprint density at radius 3 is 2.88 bits per heavy atom. The molecule has 1 amide bonds. The summed E-state index contributed by atoms with van der Waals surface area (Å²) in [5.41, 5.74) is 7.81. The van der Waals surface area contributed by atoms with Crippen molar-refractivity contribution in [3.63, 3.8) is 0 Å². The van der Waals surface area contributed by atoms with E-state index in [1.807, 2.05) is 6.08 Å². The molecule has 0 spiro atoms. The summed E-state index contributed by atoms with van der Waals surface area (Å²) in [5.74, 6) is -0.349. The van der Waals surface area contributed by atoms with Gasteiger partial charge in [-0.2, -0.15) is 0 Å². The number of amides is 1. The fourth-order valence-corrected chi connectivity index (χ4v) is 1.46. The maximum absolute atomic E-state index is 13.1. The lowest BCUT2D eigenvalue weighted by molar-refractivity contribution is -0.118. The molecule has 92 valence electrons. The quantitative estimate of drug-likeness (QED) is 0.622. The number of nitrogens with two attached hydrogens (primary N) is 1. The summed E-state index contributed by atoms with van der Waals surface area (Å²) >= 11 is 0. The lowest BCUT2D eigenvalue weighted by Crippen LogP contribution is -2.20. The van der Waals surface area contributed by atoms with Gasteiger partial charge < -0.3 is 11.1 Å². The summed E-state index contributed by atoms with van der Waals surface area (Å²) < 4.78 is 13.1. The standard InChI is InChI=1S/C13H17FN2O/c1-9-7-12(14)8-11(13(9)15)5-3-4-6-16-10(2)17/h3,5,7-8H,4,6,15H2,1-2H3,(H,16,17). The highest BCUT2D eigenvalue weighted by Crippen LogP contribution is 2.20. The predicted molar refractivity (Wildman–Crippen MR) is 67.9 cm³/mol. The minimum atomic E-state index is -0.293. The first-order valence-electron chi connectivity index (χ1n) is 5.47. The van der Waals surface area contributed by atoms with Crippen LogP contribution in [0.5, 0.6) is 0 Å². The van der Waals surface area contributed by atoms with Gasteiger partial charge in [0.25, 0.3) is 0 Å². The van der Waals surface area contributed by atoms with Crippen LogP contribution in [0.4, 0.5) is 10.1 Å². The highest BCUT2D eigenvalue weighted by Gasteiger charge is 2.01. The van der Waals surface area contributed by atoms with Crippen molar-refractivity contribution in [2.24, 2.45) is 0 Å². The van der Waals surface area contributed by atoms with E-state index in [9.17, 15) is 9.18 Å². The van der Waals surface area contributed by atoms with Crippen LogP contribution in [0.15, 0.2) is 18.2 Å². The van der Waals surface area contributed by atoms with Gasteiger partial charge in [0.05, 0.1) is 0 Å². The van der Waals surface area contributed by atoms with Gasteiger partial charge in [-0.1, -0.05) is 12.2 Å². The average Bonchev–Trinajstić information content (AvgIpc) is 2.23. The number of anilines is 1. The van der Waals surface area contributed by atoms with Crippen molar-refractivity contribution < 1.29 is 9.18 Å². The first kappa shape index (κ1) is 13.2. The largest absolute Gasteiger partial charge is 0.398 e. The highest BCUT2D eigenvalue weighted by molar-refractivity contribution is 5.72. The molecule has 0 radical (unpaired) electrons. The van der Waals surface area contributed by atoms with Crippen molar-refractivity contribution in [2.45, 2.75) is 20.3 Å². The van der Waals surface area contributed by atoms with E-state index in [4.69, 9.17) is 5.73 Å². The summed E-state index contributed by atoms with van der Waals surface area (Å²) in [4.78, 5) is 10.6. The summed E-state index contributed by atoms with van der Waals surface area (Å²) in [7, 11) is 0. The highest BCUT2D eigenvalue weighted by atomic mass is 19.1. The van der Waals surface area contributed by atoms with Gasteiger partial charge in [0, 0.05) is 24.7 Å². The lowest BCUT2D eigenvalue weighted by atomic mass is 10.1. The number of hydrogen-bond donors (Lipinski definition) is 2. The topological polar surface area (TPSA) is 55.1 Å². The zero-order valence-corrected chi connectivity index (χ0v) is 10.1. The lowest BCUT2D eigenvalue weighted by Gasteiger charge is -2.04. The number of aryl methyl sites for hydroxylation is 1. The number of carbonyl (C=O) groups is 1. The molecule has 3 nitrogen and oxygen atoms in total. The van der Waals surface area contributed by atoms with Gasteiger partial charge in [0.15, 0.2) is 0 Å². The Labute approximate surface area is 101 Å². The predicted octanol–water partition coefficient (Wildman–Crippen LogP) is 2.26. The minimum Gasteiger partial charge on any atom is -0.398 e. The zero-order chi connectivity index (χ0) is 12.8. The number of nitrogens with one attached hydrogen (secondary N) is 1. The number of hydrogen-bond acceptors (Lipinski definition) is 2. The van der Waals surface area contributed by atoms with Crippen LogP contribution < -0.4 is 11.1 Å². The van der Waals surface area contributed by atoms with Crippen LogP contribution >= 0.6 is 0 Å². The molecule has 0 fully saturated rings. The Kier molecular flexibility index (Phi) is 4.69. The van der Waals surface area contributed by atoms with Gasteiger partial charge in [-0.05, 0) is 31.0 Å². The van der Waals surface area contributed by atoms with Crippen molar-refractivity contribution in [2.75, 3.05) is 12.3 Å². The molecule has 0 heterocycles. The Hall–Kier alpha value is -1.84. The van der Waals surface area contributed by atoms with Crippen LogP contribution in [0, 0.1) is 12.7 Å². The molecule has 17 heavy (non-hydrogen) atoms. The van der Waals surface area contributed by atoms with Gasteiger partial charge in [-0.15, -0.1) is 0 Å². The maximum atomic E-state index is 13.1. The molecule has 4 heteroatoms. The number of halogens is 1. The molecule has 1 aromatic carbocycles. The molecular formula is C13H17FN2O. The van der Waals surface area contributed by atoms with Crippen molar-refractivity contribution >= 4 is 17.7 Å². The third-order valence-corrected chi connectivity index (χ3v) is 2.37. The van der Waals surface area contributed by atoms with Crippen LogP contribution in [0.25, 0.3) is 6.08 Å². The third-order valence-electron chi connectivity index (χ3n) is 2.37. The van der Waals surface area contributed by atoms with Gasteiger partial charge in [0.1, 0.15) is 5.82 Å². The van der Waals surface area contributed by atoms with E-state index in [2.05, 4.69) is 5.32 Å². The molecule has 0 aliphatic heterocycles. The monoisotopic (exact) mass is 236 g/mol. The van der Waals surface area contributed by atoms with E-state index in [0.29, 0.717) is 24.2 Å². The summed E-state index contributed by atoms with van der Waals surface area (Å²) in [6.07, 6.45) is 4.32. The summed E-state index contributed by atoms with van der Waals surface area (Å²) in [6.45, 7) is 3.81. The minimum absolute atomic E-state index is 0.0560. The molecule has 0 unspecified atom stereocenters. The molecule has 0 aromatic heterocycles. The van der Waals surface area contributed by atoms with Gasteiger partial charge in [0.2, 0.25) is 5.91 Å². The SMILES string of the molecule is CC(=O)NCCC=Cc1cc(F)cc(C)c1N. The fraction of sp³-hybridized carbons (Fsp3) is 0.308. The molecule has 0 aliphatic carbocycles.